The van der Waals surface area contributed by atoms with E-state index >= 15 is 0 Å². The molecule has 0 spiro atoms. The third kappa shape index (κ3) is 2.34. The summed E-state index contributed by atoms with van der Waals surface area (Å²) in [4.78, 5) is 0. The summed E-state index contributed by atoms with van der Waals surface area (Å²) in [7, 11) is 0. The van der Waals surface area contributed by atoms with Gasteiger partial charge in [0.15, 0.2) is 0 Å². The summed E-state index contributed by atoms with van der Waals surface area (Å²) in [6.45, 7) is 0. The van der Waals surface area contributed by atoms with E-state index in [1.807, 2.05) is 0 Å². The van der Waals surface area contributed by atoms with Gasteiger partial charge in [-0.1, -0.05) is 23.4 Å². The Bertz CT molecular complexity index is 336. The van der Waals surface area contributed by atoms with Crippen LogP contribution < -0.4 is 5.73 Å². The van der Waals surface area contributed by atoms with Gasteiger partial charge in [-0.15, -0.1) is 11.6 Å². The van der Waals surface area contributed by atoms with Crippen molar-refractivity contribution in [3.8, 4) is 11.8 Å². The van der Waals surface area contributed by atoms with Gasteiger partial charge in [-0.2, -0.15) is 0 Å². The number of rotatable bonds is 0. The van der Waals surface area contributed by atoms with Crippen molar-refractivity contribution in [2.75, 3.05) is 11.6 Å². The lowest BCUT2D eigenvalue weighted by Gasteiger charge is -1.96. The van der Waals surface area contributed by atoms with Crippen molar-refractivity contribution in [1.82, 2.24) is 0 Å². The monoisotopic (exact) mass is 199 g/mol. The third-order valence-corrected chi connectivity index (χ3v) is 1.73. The van der Waals surface area contributed by atoms with Crippen molar-refractivity contribution in [2.24, 2.45) is 0 Å². The quantitative estimate of drug-likeness (QED) is 0.388. The second-order valence-electron chi connectivity index (χ2n) is 2.17. The van der Waals surface area contributed by atoms with Gasteiger partial charge in [0.25, 0.3) is 0 Å². The summed E-state index contributed by atoms with van der Waals surface area (Å²) in [5.74, 6) is 5.84. The van der Waals surface area contributed by atoms with Crippen LogP contribution in [0.3, 0.4) is 0 Å². The molecule has 2 N–H and O–H groups in total. The van der Waals surface area contributed by atoms with Gasteiger partial charge in [-0.25, -0.2) is 0 Å². The average molecular weight is 200 g/mol. The van der Waals surface area contributed by atoms with Crippen LogP contribution >= 0.6 is 23.2 Å². The lowest BCUT2D eigenvalue weighted by atomic mass is 10.2. The molecule has 0 aliphatic carbocycles. The number of alkyl halides is 1. The zero-order valence-corrected chi connectivity index (χ0v) is 7.78. The Labute approximate surface area is 81.5 Å². The molecule has 62 valence electrons. The van der Waals surface area contributed by atoms with Crippen molar-refractivity contribution < 1.29 is 0 Å². The molecule has 1 rings (SSSR count). The maximum Gasteiger partial charge on any atom is 0.0839 e. The molecule has 3 heteroatoms. The van der Waals surface area contributed by atoms with E-state index in [9.17, 15) is 0 Å². The molecule has 0 atom stereocenters. The molecule has 0 bridgehead atoms. The summed E-state index contributed by atoms with van der Waals surface area (Å²) < 4.78 is 0. The van der Waals surface area contributed by atoms with E-state index in [4.69, 9.17) is 28.9 Å². The Morgan fingerprint density at radius 2 is 2.17 bits per heavy atom. The van der Waals surface area contributed by atoms with E-state index in [0.717, 1.165) is 5.56 Å². The number of hydrogen-bond acceptors (Lipinski definition) is 1. The molecule has 1 nitrogen and oxygen atoms in total. The van der Waals surface area contributed by atoms with E-state index in [1.54, 1.807) is 18.2 Å². The smallest absolute Gasteiger partial charge is 0.0839 e. The first-order valence-electron chi connectivity index (χ1n) is 3.34. The van der Waals surface area contributed by atoms with E-state index in [0.29, 0.717) is 16.6 Å². The lowest BCUT2D eigenvalue weighted by molar-refractivity contribution is 1.63. The van der Waals surface area contributed by atoms with Crippen LogP contribution in [0, 0.1) is 11.8 Å². The number of hydrogen-bond donors (Lipinski definition) is 1. The Morgan fingerprint density at radius 1 is 1.42 bits per heavy atom. The number of anilines is 1. The van der Waals surface area contributed by atoms with Crippen LogP contribution in [0.25, 0.3) is 0 Å². The Hall–Kier alpha value is -0.840. The summed E-state index contributed by atoms with van der Waals surface area (Å²) in [5, 5.41) is 0.563. The van der Waals surface area contributed by atoms with Crippen LogP contribution in [0.2, 0.25) is 5.02 Å². The summed E-state index contributed by atoms with van der Waals surface area (Å²) in [6, 6.07) is 5.20. The number of halogens is 2. The minimum atomic E-state index is 0.306. The fourth-order valence-corrected chi connectivity index (χ4v) is 1.06. The van der Waals surface area contributed by atoms with E-state index in [1.165, 1.54) is 0 Å². The fraction of sp³-hybridized carbons (Fsp3) is 0.111. The molecule has 0 aromatic heterocycles. The van der Waals surface area contributed by atoms with Gasteiger partial charge in [0.2, 0.25) is 0 Å². The zero-order chi connectivity index (χ0) is 8.97. The topological polar surface area (TPSA) is 26.0 Å². The van der Waals surface area contributed by atoms with Crippen molar-refractivity contribution in [3.05, 3.63) is 28.8 Å². The Morgan fingerprint density at radius 3 is 2.75 bits per heavy atom. The number of benzene rings is 1. The number of nitrogens with two attached hydrogens (primary N) is 1. The van der Waals surface area contributed by atoms with Crippen molar-refractivity contribution in [2.45, 2.75) is 0 Å². The first-order valence-corrected chi connectivity index (χ1v) is 4.25. The van der Waals surface area contributed by atoms with E-state index in [-0.39, 0.29) is 0 Å². The average Bonchev–Trinajstić information content (AvgIpc) is 2.03. The molecule has 1 aromatic rings. The molecule has 0 radical (unpaired) electrons. The van der Waals surface area contributed by atoms with Crippen LogP contribution in [0.1, 0.15) is 5.56 Å². The molecule has 0 fully saturated rings. The molecule has 0 aliphatic rings. The summed E-state index contributed by atoms with van der Waals surface area (Å²) >= 11 is 11.2. The van der Waals surface area contributed by atoms with Crippen LogP contribution in [-0.2, 0) is 0 Å². The van der Waals surface area contributed by atoms with Gasteiger partial charge in [0.1, 0.15) is 0 Å². The first kappa shape index (κ1) is 9.25. The van der Waals surface area contributed by atoms with Crippen molar-refractivity contribution in [1.29, 1.82) is 0 Å². The maximum absolute atomic E-state index is 5.84. The SMILES string of the molecule is Nc1ccc(C#CCCl)c(Cl)c1. The van der Waals surface area contributed by atoms with Crippen molar-refractivity contribution in [3.63, 3.8) is 0 Å². The highest BCUT2D eigenvalue weighted by atomic mass is 35.5. The molecule has 0 saturated heterocycles. The second-order valence-corrected chi connectivity index (χ2v) is 2.85. The lowest BCUT2D eigenvalue weighted by Crippen LogP contribution is -1.85. The third-order valence-electron chi connectivity index (χ3n) is 1.28. The highest BCUT2D eigenvalue weighted by molar-refractivity contribution is 6.32. The molecular formula is C9H7Cl2N. The van der Waals surface area contributed by atoms with Crippen LogP contribution in [0.4, 0.5) is 5.69 Å². The molecule has 0 heterocycles. The number of nitrogen functional groups attached to an aromatic ring is 1. The first-order chi connectivity index (χ1) is 5.74. The highest BCUT2D eigenvalue weighted by Crippen LogP contribution is 2.17. The van der Waals surface area contributed by atoms with Gasteiger partial charge < -0.3 is 5.73 Å². The maximum atomic E-state index is 5.84. The molecule has 1 aromatic carbocycles. The second kappa shape index (κ2) is 4.25. The van der Waals surface area contributed by atoms with E-state index in [2.05, 4.69) is 11.8 Å². The van der Waals surface area contributed by atoms with Gasteiger partial charge in [0.05, 0.1) is 10.9 Å². The van der Waals surface area contributed by atoms with E-state index < -0.39 is 0 Å². The van der Waals surface area contributed by atoms with Gasteiger partial charge in [0, 0.05) is 11.3 Å². The van der Waals surface area contributed by atoms with Crippen LogP contribution in [0.5, 0.6) is 0 Å². The minimum absolute atomic E-state index is 0.306. The standard InChI is InChI=1S/C9H7Cl2N/c10-5-1-2-7-3-4-8(12)6-9(7)11/h3-4,6H,5,12H2. The predicted molar refractivity (Wildman–Crippen MR) is 53.5 cm³/mol. The highest BCUT2D eigenvalue weighted by Gasteiger charge is 1.95. The zero-order valence-electron chi connectivity index (χ0n) is 6.27. The fourth-order valence-electron chi connectivity index (χ4n) is 0.761. The molecule has 0 unspecified atom stereocenters. The summed E-state index contributed by atoms with van der Waals surface area (Å²) in [6.07, 6.45) is 0. The molecule has 0 amide bonds. The predicted octanol–water partition coefficient (Wildman–Crippen LogP) is 2.51. The minimum Gasteiger partial charge on any atom is -0.399 e. The van der Waals surface area contributed by atoms with Crippen molar-refractivity contribution >= 4 is 28.9 Å². The molecule has 0 saturated carbocycles. The van der Waals surface area contributed by atoms with Gasteiger partial charge in [-0.05, 0) is 18.2 Å². The molecule has 0 aliphatic heterocycles. The van der Waals surface area contributed by atoms with Crippen LogP contribution in [-0.4, -0.2) is 5.88 Å². The van der Waals surface area contributed by atoms with Crippen LogP contribution in [0.15, 0.2) is 18.2 Å². The van der Waals surface area contributed by atoms with Gasteiger partial charge >= 0.3 is 0 Å². The Kier molecular flexibility index (Phi) is 3.28. The molecular weight excluding hydrogens is 193 g/mol. The molecule has 12 heavy (non-hydrogen) atoms. The van der Waals surface area contributed by atoms with Gasteiger partial charge in [-0.3, -0.25) is 0 Å². The largest absolute Gasteiger partial charge is 0.399 e. The Balaban J connectivity index is 3.01. The summed E-state index contributed by atoms with van der Waals surface area (Å²) in [5.41, 5.74) is 6.89. The normalized spacial score (nSPS) is 8.83.